The number of sulfone groups is 1. The van der Waals surface area contributed by atoms with E-state index < -0.39 is 21.6 Å². The van der Waals surface area contributed by atoms with Gasteiger partial charge in [-0.1, -0.05) is 0 Å². The molecule has 0 amide bonds. The van der Waals surface area contributed by atoms with Crippen LogP contribution < -0.4 is 0 Å². The van der Waals surface area contributed by atoms with Gasteiger partial charge in [-0.2, -0.15) is 13.2 Å². The van der Waals surface area contributed by atoms with Gasteiger partial charge in [-0.15, -0.1) is 0 Å². The van der Waals surface area contributed by atoms with E-state index in [-0.39, 0.29) is 5.16 Å². The Bertz CT molecular complexity index is 1170. The fraction of sp³-hybridized carbons (Fsp3) is 0.300. The molecule has 30 heavy (non-hydrogen) atoms. The van der Waals surface area contributed by atoms with Gasteiger partial charge in [0.1, 0.15) is 0 Å². The summed E-state index contributed by atoms with van der Waals surface area (Å²) in [6, 6.07) is 8.85. The Balaban J connectivity index is 1.51. The van der Waals surface area contributed by atoms with Crippen LogP contribution in [0.1, 0.15) is 22.5 Å². The molecule has 0 bridgehead atoms. The molecule has 6 nitrogen and oxygen atoms in total. The third-order valence-electron chi connectivity index (χ3n) is 5.01. The van der Waals surface area contributed by atoms with Gasteiger partial charge in [-0.05, 0) is 36.4 Å². The molecule has 158 valence electrons. The third-order valence-corrected chi connectivity index (χ3v) is 5.87. The lowest BCUT2D eigenvalue weighted by Crippen LogP contribution is -2.32. The van der Waals surface area contributed by atoms with E-state index in [1.165, 1.54) is 12.1 Å². The molecule has 1 aliphatic heterocycles. The molecule has 0 fully saturated rings. The van der Waals surface area contributed by atoms with E-state index >= 15 is 0 Å². The molecule has 3 aromatic rings. The van der Waals surface area contributed by atoms with E-state index in [2.05, 4.69) is 14.9 Å². The average Bonchev–Trinajstić information content (AvgIpc) is 3.14. The highest BCUT2D eigenvalue weighted by Gasteiger charge is 2.30. The van der Waals surface area contributed by atoms with Crippen LogP contribution in [0.4, 0.5) is 13.2 Å². The van der Waals surface area contributed by atoms with Crippen LogP contribution >= 0.6 is 0 Å². The quantitative estimate of drug-likeness (QED) is 0.588. The van der Waals surface area contributed by atoms with Gasteiger partial charge in [0.25, 0.3) is 0 Å². The van der Waals surface area contributed by atoms with Gasteiger partial charge in [-0.25, -0.2) is 18.4 Å². The standard InChI is InChI=1S/C20H19F3N4O2S/c1-30(28,29)19-24-11-14-12-26(10-8-18(14)25-19)13-17-3-2-9-27(17)16-6-4-15(5-7-16)20(21,22)23/h2-7,9,11H,8,10,12-13H2,1H3. The SMILES string of the molecule is CS(=O)(=O)c1ncc2c(n1)CCN(Cc1cccn1-c1ccc(C(F)(F)F)cc1)C2. The Morgan fingerprint density at radius 3 is 2.53 bits per heavy atom. The topological polar surface area (TPSA) is 68.1 Å². The molecule has 0 spiro atoms. The van der Waals surface area contributed by atoms with Gasteiger partial charge in [0, 0.05) is 61.6 Å². The average molecular weight is 436 g/mol. The van der Waals surface area contributed by atoms with Gasteiger partial charge in [0.2, 0.25) is 15.0 Å². The normalized spacial score (nSPS) is 15.2. The summed E-state index contributed by atoms with van der Waals surface area (Å²) in [5.41, 5.74) is 2.52. The molecule has 0 radical (unpaired) electrons. The summed E-state index contributed by atoms with van der Waals surface area (Å²) in [5, 5.41) is -0.161. The van der Waals surface area contributed by atoms with Crippen molar-refractivity contribution in [2.45, 2.75) is 30.8 Å². The highest BCUT2D eigenvalue weighted by Crippen LogP contribution is 2.30. The number of hydrogen-bond acceptors (Lipinski definition) is 5. The zero-order valence-corrected chi connectivity index (χ0v) is 16.9. The van der Waals surface area contributed by atoms with Crippen LogP contribution in [0.3, 0.4) is 0 Å². The van der Waals surface area contributed by atoms with Crippen molar-refractivity contribution >= 4 is 9.84 Å². The predicted molar refractivity (Wildman–Crippen MR) is 104 cm³/mol. The van der Waals surface area contributed by atoms with Crippen molar-refractivity contribution in [1.82, 2.24) is 19.4 Å². The van der Waals surface area contributed by atoms with E-state index in [1.807, 2.05) is 22.9 Å². The summed E-state index contributed by atoms with van der Waals surface area (Å²) < 4.78 is 63.6. The molecule has 0 aliphatic carbocycles. The second-order valence-corrected chi connectivity index (χ2v) is 9.18. The summed E-state index contributed by atoms with van der Waals surface area (Å²) in [6.07, 6.45) is 0.690. The van der Waals surface area contributed by atoms with E-state index in [0.717, 1.165) is 35.3 Å². The first-order valence-corrected chi connectivity index (χ1v) is 11.1. The van der Waals surface area contributed by atoms with Crippen molar-refractivity contribution in [3.8, 4) is 5.69 Å². The monoisotopic (exact) mass is 436 g/mol. The van der Waals surface area contributed by atoms with Crippen LogP contribution in [0.25, 0.3) is 5.69 Å². The van der Waals surface area contributed by atoms with Crippen molar-refractivity contribution < 1.29 is 21.6 Å². The van der Waals surface area contributed by atoms with Crippen LogP contribution in [0.5, 0.6) is 0 Å². The lowest BCUT2D eigenvalue weighted by Gasteiger charge is -2.28. The van der Waals surface area contributed by atoms with Crippen molar-refractivity contribution in [3.05, 3.63) is 71.3 Å². The molecule has 1 aliphatic rings. The van der Waals surface area contributed by atoms with Crippen LogP contribution in [0.15, 0.2) is 53.9 Å². The Kier molecular flexibility index (Phi) is 5.15. The van der Waals surface area contributed by atoms with E-state index in [4.69, 9.17) is 0 Å². The molecular formula is C20H19F3N4O2S. The molecule has 4 rings (SSSR count). The molecule has 10 heteroatoms. The maximum absolute atomic E-state index is 12.8. The highest BCUT2D eigenvalue weighted by atomic mass is 32.2. The minimum absolute atomic E-state index is 0.161. The summed E-state index contributed by atoms with van der Waals surface area (Å²) in [6.45, 7) is 1.84. The maximum atomic E-state index is 12.8. The Labute approximate surface area is 171 Å². The lowest BCUT2D eigenvalue weighted by atomic mass is 10.1. The number of rotatable bonds is 4. The molecule has 0 unspecified atom stereocenters. The zero-order valence-electron chi connectivity index (χ0n) is 16.1. The zero-order chi connectivity index (χ0) is 21.5. The fourth-order valence-electron chi connectivity index (χ4n) is 3.51. The first kappa shape index (κ1) is 20.5. The van der Waals surface area contributed by atoms with Gasteiger partial charge < -0.3 is 4.57 Å². The molecule has 1 aromatic carbocycles. The van der Waals surface area contributed by atoms with Crippen LogP contribution in [0.2, 0.25) is 0 Å². The van der Waals surface area contributed by atoms with Crippen molar-refractivity contribution in [2.24, 2.45) is 0 Å². The van der Waals surface area contributed by atoms with E-state index in [9.17, 15) is 21.6 Å². The molecule has 2 aromatic heterocycles. The van der Waals surface area contributed by atoms with Gasteiger partial charge in [-0.3, -0.25) is 4.90 Å². The molecule has 0 saturated carbocycles. The van der Waals surface area contributed by atoms with Crippen molar-refractivity contribution in [1.29, 1.82) is 0 Å². The predicted octanol–water partition coefficient (Wildman–Crippen LogP) is 3.25. The molecule has 0 saturated heterocycles. The number of benzene rings is 1. The van der Waals surface area contributed by atoms with Gasteiger partial charge in [0.15, 0.2) is 0 Å². The van der Waals surface area contributed by atoms with Crippen molar-refractivity contribution in [2.75, 3.05) is 12.8 Å². The number of nitrogens with zero attached hydrogens (tertiary/aromatic N) is 4. The second kappa shape index (κ2) is 7.51. The van der Waals surface area contributed by atoms with Gasteiger partial charge in [0.05, 0.1) is 11.3 Å². The Morgan fingerprint density at radius 2 is 1.87 bits per heavy atom. The Hall–Kier alpha value is -2.72. The maximum Gasteiger partial charge on any atom is 0.416 e. The molecule has 0 atom stereocenters. The fourth-order valence-corrected chi connectivity index (χ4v) is 4.03. The number of alkyl halides is 3. The molecule has 3 heterocycles. The minimum atomic E-state index is -4.36. The van der Waals surface area contributed by atoms with Crippen LogP contribution in [0, 0.1) is 0 Å². The van der Waals surface area contributed by atoms with Gasteiger partial charge >= 0.3 is 6.18 Å². The minimum Gasteiger partial charge on any atom is -0.320 e. The number of aromatic nitrogens is 3. The lowest BCUT2D eigenvalue weighted by molar-refractivity contribution is -0.137. The third kappa shape index (κ3) is 4.24. The number of hydrogen-bond donors (Lipinski definition) is 0. The first-order valence-electron chi connectivity index (χ1n) is 9.22. The Morgan fingerprint density at radius 1 is 1.13 bits per heavy atom. The van der Waals surface area contributed by atoms with Crippen LogP contribution in [-0.4, -0.2) is 40.7 Å². The number of halogens is 3. The summed E-state index contributed by atoms with van der Waals surface area (Å²) >= 11 is 0. The first-order chi connectivity index (χ1) is 14.1. The smallest absolute Gasteiger partial charge is 0.320 e. The number of fused-ring (bicyclic) bond motifs is 1. The molecular weight excluding hydrogens is 417 g/mol. The molecule has 0 N–H and O–H groups in total. The van der Waals surface area contributed by atoms with E-state index in [0.29, 0.717) is 31.7 Å². The van der Waals surface area contributed by atoms with Crippen LogP contribution in [-0.2, 0) is 35.5 Å². The van der Waals surface area contributed by atoms with E-state index in [1.54, 1.807) is 6.20 Å². The summed E-state index contributed by atoms with van der Waals surface area (Å²) in [7, 11) is -3.45. The summed E-state index contributed by atoms with van der Waals surface area (Å²) in [4.78, 5) is 10.3. The van der Waals surface area contributed by atoms with Crippen molar-refractivity contribution in [3.63, 3.8) is 0 Å². The highest BCUT2D eigenvalue weighted by molar-refractivity contribution is 7.90. The second-order valence-electron chi connectivity index (χ2n) is 7.27. The summed E-state index contributed by atoms with van der Waals surface area (Å²) in [5.74, 6) is 0. The largest absolute Gasteiger partial charge is 0.416 e.